The van der Waals surface area contributed by atoms with Gasteiger partial charge in [0.1, 0.15) is 6.29 Å². The molecule has 0 heterocycles. The van der Waals surface area contributed by atoms with Crippen LogP contribution in [0.2, 0.25) is 0 Å². The Morgan fingerprint density at radius 2 is 2.12 bits per heavy atom. The second-order valence-electron chi connectivity index (χ2n) is 1.32. The zero-order valence-corrected chi connectivity index (χ0v) is 4.79. The molecular formula is C4H5ClF2O. The van der Waals surface area contributed by atoms with E-state index in [0.29, 0.717) is 6.29 Å². The summed E-state index contributed by atoms with van der Waals surface area (Å²) in [5.41, 5.74) is 0. The highest BCUT2D eigenvalue weighted by molar-refractivity contribution is 6.21. The van der Waals surface area contributed by atoms with E-state index in [-0.39, 0.29) is 6.42 Å². The van der Waals surface area contributed by atoms with Gasteiger partial charge in [0.2, 0.25) is 0 Å². The van der Waals surface area contributed by atoms with Crippen molar-refractivity contribution in [3.05, 3.63) is 0 Å². The van der Waals surface area contributed by atoms with Gasteiger partial charge in [0.05, 0.1) is 0 Å². The molecule has 0 amide bonds. The minimum absolute atomic E-state index is 0.184. The first-order chi connectivity index (χ1) is 3.56. The SMILES string of the molecule is O=CCCC(F)(F)Cl. The Bertz CT molecular complexity index is 78.6. The Hall–Kier alpha value is -0.180. The molecule has 0 saturated carbocycles. The molecule has 8 heavy (non-hydrogen) atoms. The molecule has 0 aliphatic rings. The molecule has 0 aromatic carbocycles. The summed E-state index contributed by atoms with van der Waals surface area (Å²) >= 11 is 4.42. The summed E-state index contributed by atoms with van der Waals surface area (Å²) in [6.45, 7) is 0. The summed E-state index contributed by atoms with van der Waals surface area (Å²) < 4.78 is 23.0. The van der Waals surface area contributed by atoms with Crippen LogP contribution in [0.5, 0.6) is 0 Å². The Balaban J connectivity index is 3.24. The number of rotatable bonds is 3. The Morgan fingerprint density at radius 3 is 2.25 bits per heavy atom. The van der Waals surface area contributed by atoms with Gasteiger partial charge in [-0.2, -0.15) is 8.78 Å². The number of carbonyl (C=O) groups is 1. The highest BCUT2D eigenvalue weighted by Crippen LogP contribution is 2.23. The number of carbonyl (C=O) groups excluding carboxylic acids is 1. The van der Waals surface area contributed by atoms with E-state index >= 15 is 0 Å². The van der Waals surface area contributed by atoms with Crippen LogP contribution in [0.25, 0.3) is 0 Å². The molecule has 0 saturated heterocycles. The van der Waals surface area contributed by atoms with E-state index in [0.717, 1.165) is 0 Å². The zero-order valence-electron chi connectivity index (χ0n) is 4.03. The van der Waals surface area contributed by atoms with Crippen LogP contribution in [0.1, 0.15) is 12.8 Å². The van der Waals surface area contributed by atoms with Crippen molar-refractivity contribution in [2.75, 3.05) is 0 Å². The van der Waals surface area contributed by atoms with E-state index in [2.05, 4.69) is 11.6 Å². The van der Waals surface area contributed by atoms with E-state index < -0.39 is 11.8 Å². The summed E-state index contributed by atoms with van der Waals surface area (Å²) in [7, 11) is 0. The molecule has 0 fully saturated rings. The summed E-state index contributed by atoms with van der Waals surface area (Å²) in [4.78, 5) is 9.46. The molecule has 0 radical (unpaired) electrons. The van der Waals surface area contributed by atoms with Gasteiger partial charge < -0.3 is 4.79 Å². The Labute approximate surface area is 50.6 Å². The summed E-state index contributed by atoms with van der Waals surface area (Å²) in [6, 6.07) is 0. The lowest BCUT2D eigenvalue weighted by atomic mass is 10.3. The van der Waals surface area contributed by atoms with Crippen LogP contribution >= 0.6 is 11.6 Å². The van der Waals surface area contributed by atoms with Crippen molar-refractivity contribution in [1.82, 2.24) is 0 Å². The maximum atomic E-state index is 11.5. The van der Waals surface area contributed by atoms with Crippen molar-refractivity contribution in [2.24, 2.45) is 0 Å². The highest BCUT2D eigenvalue weighted by atomic mass is 35.5. The van der Waals surface area contributed by atoms with E-state index in [1.807, 2.05) is 0 Å². The minimum Gasteiger partial charge on any atom is -0.303 e. The molecule has 0 rings (SSSR count). The molecule has 0 spiro atoms. The van der Waals surface area contributed by atoms with Crippen LogP contribution < -0.4 is 0 Å². The van der Waals surface area contributed by atoms with Gasteiger partial charge in [-0.15, -0.1) is 0 Å². The summed E-state index contributed by atoms with van der Waals surface area (Å²) in [6.07, 6.45) is -0.342. The molecule has 0 bridgehead atoms. The first-order valence-corrected chi connectivity index (χ1v) is 2.44. The van der Waals surface area contributed by atoms with Crippen LogP contribution in [0.4, 0.5) is 8.78 Å². The molecule has 0 aromatic heterocycles. The normalized spacial score (nSPS) is 11.4. The molecule has 0 N–H and O–H groups in total. The maximum Gasteiger partial charge on any atom is 0.322 e. The largest absolute Gasteiger partial charge is 0.322 e. The second-order valence-corrected chi connectivity index (χ2v) is 1.87. The molecule has 48 valence electrons. The molecule has 0 aliphatic heterocycles. The third-order valence-corrected chi connectivity index (χ3v) is 0.735. The van der Waals surface area contributed by atoms with Crippen molar-refractivity contribution < 1.29 is 13.6 Å². The molecule has 4 heteroatoms. The van der Waals surface area contributed by atoms with Crippen LogP contribution in [0.3, 0.4) is 0 Å². The predicted octanol–water partition coefficient (Wildman–Crippen LogP) is 1.80. The van der Waals surface area contributed by atoms with E-state index in [4.69, 9.17) is 0 Å². The third-order valence-electron chi connectivity index (χ3n) is 0.546. The van der Waals surface area contributed by atoms with Gasteiger partial charge in [-0.1, -0.05) is 0 Å². The monoisotopic (exact) mass is 142 g/mol. The van der Waals surface area contributed by atoms with Crippen LogP contribution in [0, 0.1) is 0 Å². The van der Waals surface area contributed by atoms with Crippen molar-refractivity contribution >= 4 is 17.9 Å². The standard InChI is InChI=1S/C4H5ClF2O/c5-4(6,7)2-1-3-8/h3H,1-2H2. The van der Waals surface area contributed by atoms with Gasteiger partial charge in [0.15, 0.2) is 0 Å². The van der Waals surface area contributed by atoms with Gasteiger partial charge in [-0.3, -0.25) is 0 Å². The van der Waals surface area contributed by atoms with Gasteiger partial charge in [-0.05, 0) is 11.6 Å². The zero-order chi connectivity index (χ0) is 6.62. The number of hydrogen-bond acceptors (Lipinski definition) is 1. The average molecular weight is 143 g/mol. The van der Waals surface area contributed by atoms with Crippen LogP contribution in [-0.4, -0.2) is 11.7 Å². The van der Waals surface area contributed by atoms with E-state index in [1.54, 1.807) is 0 Å². The van der Waals surface area contributed by atoms with E-state index in [9.17, 15) is 13.6 Å². The maximum absolute atomic E-state index is 11.5. The van der Waals surface area contributed by atoms with Crippen molar-refractivity contribution in [1.29, 1.82) is 0 Å². The first kappa shape index (κ1) is 7.82. The second kappa shape index (κ2) is 2.97. The minimum atomic E-state index is -3.21. The molecule has 0 atom stereocenters. The van der Waals surface area contributed by atoms with E-state index in [1.165, 1.54) is 0 Å². The van der Waals surface area contributed by atoms with Crippen molar-refractivity contribution in [3.63, 3.8) is 0 Å². The van der Waals surface area contributed by atoms with Crippen LogP contribution in [-0.2, 0) is 4.79 Å². The Morgan fingerprint density at radius 1 is 1.62 bits per heavy atom. The molecule has 0 aliphatic carbocycles. The highest BCUT2D eigenvalue weighted by Gasteiger charge is 2.22. The van der Waals surface area contributed by atoms with Gasteiger partial charge in [-0.25, -0.2) is 0 Å². The number of hydrogen-bond donors (Lipinski definition) is 0. The fourth-order valence-corrected chi connectivity index (χ4v) is 0.332. The summed E-state index contributed by atoms with van der Waals surface area (Å²) in [5.74, 6) is 0. The third kappa shape index (κ3) is 5.82. The Kier molecular flexibility index (Phi) is 2.90. The number of alkyl halides is 3. The average Bonchev–Trinajstić information content (AvgIpc) is 1.59. The fourth-order valence-electron chi connectivity index (χ4n) is 0.223. The quantitative estimate of drug-likeness (QED) is 0.434. The first-order valence-electron chi connectivity index (χ1n) is 2.06. The number of halogens is 3. The van der Waals surface area contributed by atoms with Crippen LogP contribution in [0.15, 0.2) is 0 Å². The number of aldehydes is 1. The lowest BCUT2D eigenvalue weighted by molar-refractivity contribution is -0.108. The van der Waals surface area contributed by atoms with Crippen molar-refractivity contribution in [3.8, 4) is 0 Å². The van der Waals surface area contributed by atoms with Gasteiger partial charge in [0, 0.05) is 12.8 Å². The molecule has 0 aromatic rings. The molecular weight excluding hydrogens is 137 g/mol. The molecule has 1 nitrogen and oxygen atoms in total. The smallest absolute Gasteiger partial charge is 0.303 e. The topological polar surface area (TPSA) is 17.1 Å². The lowest BCUT2D eigenvalue weighted by Gasteiger charge is -2.01. The fraction of sp³-hybridized carbons (Fsp3) is 0.750. The van der Waals surface area contributed by atoms with Crippen molar-refractivity contribution in [2.45, 2.75) is 18.2 Å². The summed E-state index contributed by atoms with van der Waals surface area (Å²) in [5, 5.41) is -3.21. The molecule has 0 unspecified atom stereocenters. The van der Waals surface area contributed by atoms with Gasteiger partial charge >= 0.3 is 5.38 Å². The van der Waals surface area contributed by atoms with Gasteiger partial charge in [0.25, 0.3) is 0 Å². The lowest BCUT2D eigenvalue weighted by Crippen LogP contribution is -2.04. The predicted molar refractivity (Wildman–Crippen MR) is 26.1 cm³/mol.